The molecule has 0 aromatic carbocycles. The fourth-order valence-corrected chi connectivity index (χ4v) is 7.37. The summed E-state index contributed by atoms with van der Waals surface area (Å²) in [5.41, 5.74) is 5.59. The van der Waals surface area contributed by atoms with Gasteiger partial charge in [-0.05, 0) is 19.3 Å². The van der Waals surface area contributed by atoms with Crippen LogP contribution in [0.4, 0.5) is 0 Å². The van der Waals surface area contributed by atoms with Gasteiger partial charge in [-0.2, -0.15) is 0 Å². The molecule has 4 aliphatic rings. The maximum absolute atomic E-state index is 13.0. The van der Waals surface area contributed by atoms with E-state index in [0.717, 1.165) is 0 Å². The second-order valence-corrected chi connectivity index (χ2v) is 11.4. The topological polar surface area (TPSA) is 160 Å². The van der Waals surface area contributed by atoms with Crippen LogP contribution in [0.3, 0.4) is 0 Å². The summed E-state index contributed by atoms with van der Waals surface area (Å²) in [7, 11) is 0. The number of carboxylic acids is 1. The number of carbonyl (C=O) groups excluding carboxylic acids is 3. The first-order valence-corrected chi connectivity index (χ1v) is 13.0. The van der Waals surface area contributed by atoms with Gasteiger partial charge in [-0.1, -0.05) is 13.8 Å². The zero-order valence-corrected chi connectivity index (χ0v) is 21.1. The molecule has 35 heavy (non-hydrogen) atoms. The van der Waals surface area contributed by atoms with Crippen LogP contribution in [0.25, 0.3) is 0 Å². The predicted octanol–water partition coefficient (Wildman–Crippen LogP) is -0.124. The molecule has 12 heteroatoms. The van der Waals surface area contributed by atoms with Crippen molar-refractivity contribution < 1.29 is 24.3 Å². The molecule has 0 saturated carbocycles. The van der Waals surface area contributed by atoms with Gasteiger partial charge < -0.3 is 35.7 Å². The fraction of sp³-hybridized carbons (Fsp3) is 0.696. The summed E-state index contributed by atoms with van der Waals surface area (Å²) >= 11 is 1.46. The number of carbonyl (C=O) groups is 4. The van der Waals surface area contributed by atoms with Gasteiger partial charge in [0.05, 0.1) is 18.0 Å². The largest absolute Gasteiger partial charge is 0.477 e. The van der Waals surface area contributed by atoms with Gasteiger partial charge in [0.15, 0.2) is 5.96 Å². The van der Waals surface area contributed by atoms with E-state index in [1.807, 2.05) is 13.8 Å². The number of hydrogen-bond acceptors (Lipinski definition) is 7. The lowest BCUT2D eigenvalue weighted by molar-refractivity contribution is -0.160. The van der Waals surface area contributed by atoms with E-state index in [1.165, 1.54) is 23.6 Å². The molecule has 3 saturated heterocycles. The number of Topliss-reactive ketones (excluding diaryl/α,β-unsaturated/α-hetero) is 1. The fourth-order valence-electron chi connectivity index (χ4n) is 5.90. The molecule has 0 aromatic heterocycles. The smallest absolute Gasteiger partial charge is 0.353 e. The standard InChI is InChI=1S/C23H34N6O5S/c1-11(8-12(2)30)16-17-13(3)19(18(22(33)34)29(17)21(16)32)35-14-9-15(26-10-14)20(31)27-4-6-28(7-5-27)23(24)25/h11,13-17,26H,4-10H2,1-3H3,(H3,24,25)(H,33,34)/t11-,13+,14-,15-,16+,17+/m0/s1. The number of guanidine groups is 1. The molecular weight excluding hydrogens is 472 g/mol. The number of fused-ring (bicyclic) bond motifs is 1. The van der Waals surface area contributed by atoms with Crippen LogP contribution in [-0.2, 0) is 19.2 Å². The minimum Gasteiger partial charge on any atom is -0.477 e. The predicted molar refractivity (Wildman–Crippen MR) is 130 cm³/mol. The van der Waals surface area contributed by atoms with E-state index in [4.69, 9.17) is 11.1 Å². The summed E-state index contributed by atoms with van der Waals surface area (Å²) in [6, 6.07) is -0.584. The highest BCUT2D eigenvalue weighted by Gasteiger charge is 2.60. The number of hydrogen-bond donors (Lipinski definition) is 4. The zero-order valence-electron chi connectivity index (χ0n) is 20.3. The molecule has 0 bridgehead atoms. The number of nitrogens with two attached hydrogens (primary N) is 1. The van der Waals surface area contributed by atoms with Crippen LogP contribution in [0.15, 0.2) is 10.6 Å². The Kier molecular flexibility index (Phi) is 7.14. The molecule has 0 radical (unpaired) electrons. The molecule has 3 fully saturated rings. The van der Waals surface area contributed by atoms with Gasteiger partial charge in [-0.15, -0.1) is 11.8 Å². The third-order valence-electron chi connectivity index (χ3n) is 7.63. The maximum atomic E-state index is 13.0. The van der Waals surface area contributed by atoms with Gasteiger partial charge in [0.25, 0.3) is 0 Å². The molecule has 4 heterocycles. The van der Waals surface area contributed by atoms with E-state index in [2.05, 4.69) is 5.32 Å². The van der Waals surface area contributed by atoms with Crippen molar-refractivity contribution in [2.24, 2.45) is 23.5 Å². The Morgan fingerprint density at radius 3 is 2.43 bits per heavy atom. The van der Waals surface area contributed by atoms with E-state index in [-0.39, 0.29) is 64.3 Å². The lowest BCUT2D eigenvalue weighted by atomic mass is 9.73. The lowest BCUT2D eigenvalue weighted by Gasteiger charge is -2.47. The summed E-state index contributed by atoms with van der Waals surface area (Å²) in [6.45, 7) is 8.00. The zero-order chi connectivity index (χ0) is 25.6. The van der Waals surface area contributed by atoms with E-state index in [0.29, 0.717) is 50.5 Å². The third-order valence-corrected chi connectivity index (χ3v) is 9.14. The Morgan fingerprint density at radius 1 is 1.23 bits per heavy atom. The molecule has 11 nitrogen and oxygen atoms in total. The van der Waals surface area contributed by atoms with Gasteiger partial charge >= 0.3 is 5.97 Å². The third kappa shape index (κ3) is 4.65. The number of amides is 2. The molecule has 0 aromatic rings. The van der Waals surface area contributed by atoms with Crippen LogP contribution in [0, 0.1) is 23.2 Å². The second-order valence-electron chi connectivity index (χ2n) is 10.0. The van der Waals surface area contributed by atoms with E-state index in [1.54, 1.807) is 9.80 Å². The summed E-state index contributed by atoms with van der Waals surface area (Å²) < 4.78 is 0. The number of nitrogens with zero attached hydrogens (tertiary/aromatic N) is 3. The number of rotatable bonds is 7. The van der Waals surface area contributed by atoms with Crippen molar-refractivity contribution in [3.05, 3.63) is 10.6 Å². The van der Waals surface area contributed by atoms with Gasteiger partial charge in [-0.3, -0.25) is 15.0 Å². The van der Waals surface area contributed by atoms with Crippen molar-refractivity contribution in [2.45, 2.75) is 50.9 Å². The average molecular weight is 507 g/mol. The highest BCUT2D eigenvalue weighted by atomic mass is 32.2. The van der Waals surface area contributed by atoms with Gasteiger partial charge in [0.1, 0.15) is 11.5 Å². The molecule has 0 spiro atoms. The highest BCUT2D eigenvalue weighted by Crippen LogP contribution is 2.53. The number of β-lactam (4-membered cyclic amide) rings is 1. The molecule has 6 atom stereocenters. The van der Waals surface area contributed by atoms with Crippen LogP contribution < -0.4 is 11.1 Å². The van der Waals surface area contributed by atoms with Crippen molar-refractivity contribution in [3.63, 3.8) is 0 Å². The summed E-state index contributed by atoms with van der Waals surface area (Å²) in [6.07, 6.45) is 0.873. The lowest BCUT2D eigenvalue weighted by Crippen LogP contribution is -2.62. The normalized spacial score (nSPS) is 31.3. The minimum atomic E-state index is -1.12. The van der Waals surface area contributed by atoms with Crippen LogP contribution >= 0.6 is 11.8 Å². The SMILES string of the molecule is CC(=O)C[C@H](C)[C@H]1C(=O)N2C(C(=O)O)=C(S[C@@H]3CN[C@H](C(=O)N4CCN(C(=N)N)CC4)C3)[C@H](C)[C@H]12. The molecule has 4 aliphatic heterocycles. The van der Waals surface area contributed by atoms with Crippen molar-refractivity contribution in [3.8, 4) is 0 Å². The second kappa shape index (κ2) is 9.81. The first kappa shape index (κ1) is 25.5. The van der Waals surface area contributed by atoms with Crippen molar-refractivity contribution in [1.82, 2.24) is 20.0 Å². The first-order chi connectivity index (χ1) is 16.5. The number of ketones is 1. The van der Waals surface area contributed by atoms with Gasteiger partial charge in [0.2, 0.25) is 11.8 Å². The average Bonchev–Trinajstić information content (AvgIpc) is 3.35. The molecular formula is C23H34N6O5S. The van der Waals surface area contributed by atoms with Crippen LogP contribution in [0.2, 0.25) is 0 Å². The van der Waals surface area contributed by atoms with Crippen molar-refractivity contribution >= 4 is 41.3 Å². The molecule has 4 rings (SSSR count). The van der Waals surface area contributed by atoms with E-state index < -0.39 is 5.97 Å². The molecule has 5 N–H and O–H groups in total. The number of aliphatic carboxylic acids is 1. The van der Waals surface area contributed by atoms with Crippen LogP contribution in [0.1, 0.15) is 33.6 Å². The molecule has 0 unspecified atom stereocenters. The molecule has 2 amide bonds. The first-order valence-electron chi connectivity index (χ1n) is 12.1. The van der Waals surface area contributed by atoms with Crippen LogP contribution in [-0.4, -0.2) is 99.4 Å². The number of carboxylic acid groups (broad SMARTS) is 1. The number of piperazine rings is 1. The monoisotopic (exact) mass is 506 g/mol. The summed E-state index contributed by atoms with van der Waals surface area (Å²) in [5.74, 6) is -1.92. The van der Waals surface area contributed by atoms with Crippen molar-refractivity contribution in [1.29, 1.82) is 5.41 Å². The Hall–Kier alpha value is -2.60. The Bertz CT molecular complexity index is 977. The Balaban J connectivity index is 1.40. The molecule has 0 aliphatic carbocycles. The molecule has 192 valence electrons. The van der Waals surface area contributed by atoms with E-state index >= 15 is 0 Å². The summed E-state index contributed by atoms with van der Waals surface area (Å²) in [5, 5.41) is 20.8. The number of nitrogens with one attached hydrogen (secondary N) is 2. The Labute approximate surface area is 208 Å². The van der Waals surface area contributed by atoms with Gasteiger partial charge in [0, 0.05) is 55.2 Å². The minimum absolute atomic E-state index is 0.0103. The number of thioether (sulfide) groups is 1. The summed E-state index contributed by atoms with van der Waals surface area (Å²) in [4.78, 5) is 55.3. The highest BCUT2D eigenvalue weighted by molar-refractivity contribution is 8.03. The van der Waals surface area contributed by atoms with Gasteiger partial charge in [-0.25, -0.2) is 4.79 Å². The van der Waals surface area contributed by atoms with Crippen LogP contribution in [0.5, 0.6) is 0 Å². The quantitative estimate of drug-likeness (QED) is 0.210. The maximum Gasteiger partial charge on any atom is 0.353 e. The van der Waals surface area contributed by atoms with E-state index in [9.17, 15) is 24.3 Å². The Morgan fingerprint density at radius 2 is 1.86 bits per heavy atom. The van der Waals surface area contributed by atoms with Crippen molar-refractivity contribution in [2.75, 3.05) is 32.7 Å².